The molecule has 22 heavy (non-hydrogen) atoms. The molecule has 0 bridgehead atoms. The van der Waals surface area contributed by atoms with E-state index >= 15 is 0 Å². The lowest BCUT2D eigenvalue weighted by Gasteiger charge is -2.26. The van der Waals surface area contributed by atoms with Gasteiger partial charge in [-0.3, -0.25) is 9.69 Å². The number of carbonyl (C=O) groups excluding carboxylic acids is 1. The van der Waals surface area contributed by atoms with E-state index < -0.39 is 0 Å². The summed E-state index contributed by atoms with van der Waals surface area (Å²) in [5.41, 5.74) is 1.83. The first-order valence-electron chi connectivity index (χ1n) is 7.76. The van der Waals surface area contributed by atoms with Gasteiger partial charge in [0.05, 0.1) is 23.6 Å². The Labute approximate surface area is 130 Å². The Balaban J connectivity index is 1.75. The Hall–Kier alpha value is -2.21. The Morgan fingerprint density at radius 3 is 2.91 bits per heavy atom. The summed E-state index contributed by atoms with van der Waals surface area (Å²) >= 11 is 0. The van der Waals surface area contributed by atoms with Crippen LogP contribution in [0.1, 0.15) is 25.5 Å². The van der Waals surface area contributed by atoms with Gasteiger partial charge in [0.1, 0.15) is 0 Å². The molecule has 1 fully saturated rings. The molecule has 6 nitrogen and oxygen atoms in total. The fourth-order valence-electron chi connectivity index (χ4n) is 2.83. The van der Waals surface area contributed by atoms with E-state index in [-0.39, 0.29) is 11.9 Å². The number of hydrogen-bond donors (Lipinski definition) is 1. The minimum Gasteiger partial charge on any atom is -0.355 e. The summed E-state index contributed by atoms with van der Waals surface area (Å²) < 4.78 is 0. The van der Waals surface area contributed by atoms with Crippen LogP contribution in [0.15, 0.2) is 36.5 Å². The highest BCUT2D eigenvalue weighted by atomic mass is 16.2. The zero-order valence-corrected chi connectivity index (χ0v) is 12.8. The van der Waals surface area contributed by atoms with Gasteiger partial charge in [-0.25, -0.2) is 0 Å². The van der Waals surface area contributed by atoms with Crippen LogP contribution in [0.5, 0.6) is 0 Å². The van der Waals surface area contributed by atoms with Crippen molar-refractivity contribution >= 4 is 5.91 Å². The van der Waals surface area contributed by atoms with E-state index in [9.17, 15) is 4.79 Å². The van der Waals surface area contributed by atoms with Crippen LogP contribution < -0.4 is 5.32 Å². The average molecular weight is 299 g/mol. The first kappa shape index (κ1) is 14.7. The van der Waals surface area contributed by atoms with Crippen LogP contribution in [-0.2, 0) is 11.3 Å². The van der Waals surface area contributed by atoms with Gasteiger partial charge in [-0.05, 0) is 25.0 Å². The molecule has 0 unspecified atom stereocenters. The normalized spacial score (nSPS) is 19.7. The lowest BCUT2D eigenvalue weighted by Crippen LogP contribution is -2.43. The summed E-state index contributed by atoms with van der Waals surface area (Å²) in [7, 11) is 0. The van der Waals surface area contributed by atoms with Crippen molar-refractivity contribution in [2.75, 3.05) is 13.1 Å². The van der Waals surface area contributed by atoms with E-state index in [0.717, 1.165) is 37.3 Å². The number of nitrogens with one attached hydrogen (secondary N) is 1. The number of hydrogen-bond acceptors (Lipinski definition) is 4. The van der Waals surface area contributed by atoms with Crippen molar-refractivity contribution in [2.45, 2.75) is 32.4 Å². The molecule has 0 radical (unpaired) electrons. The molecule has 116 valence electrons. The van der Waals surface area contributed by atoms with Gasteiger partial charge >= 0.3 is 0 Å². The summed E-state index contributed by atoms with van der Waals surface area (Å²) in [6.45, 7) is 4.35. The minimum atomic E-state index is -0.0793. The highest BCUT2D eigenvalue weighted by Crippen LogP contribution is 2.13. The second kappa shape index (κ2) is 6.70. The zero-order valence-electron chi connectivity index (χ0n) is 12.8. The molecule has 2 aromatic rings. The molecule has 1 aromatic heterocycles. The van der Waals surface area contributed by atoms with E-state index in [1.54, 1.807) is 11.0 Å². The molecule has 1 amide bonds. The molecule has 2 heterocycles. The van der Waals surface area contributed by atoms with Crippen LogP contribution >= 0.6 is 0 Å². The van der Waals surface area contributed by atoms with E-state index in [1.165, 1.54) is 0 Å². The molecule has 0 saturated carbocycles. The smallest absolute Gasteiger partial charge is 0.237 e. The Morgan fingerprint density at radius 1 is 1.32 bits per heavy atom. The van der Waals surface area contributed by atoms with Gasteiger partial charge in [0, 0.05) is 19.6 Å². The van der Waals surface area contributed by atoms with Gasteiger partial charge in [0.25, 0.3) is 0 Å². The molecule has 1 N–H and O–H groups in total. The van der Waals surface area contributed by atoms with Crippen molar-refractivity contribution in [3.8, 4) is 5.69 Å². The Kier molecular flexibility index (Phi) is 4.48. The molecule has 0 spiro atoms. The summed E-state index contributed by atoms with van der Waals surface area (Å²) in [6.07, 6.45) is 3.55. The Morgan fingerprint density at radius 2 is 2.14 bits per heavy atom. The van der Waals surface area contributed by atoms with E-state index in [1.807, 2.05) is 37.3 Å². The SMILES string of the molecule is CC[C@H]1C(=O)NCCCN1Cc1cnn(-c2ccccc2)n1. The van der Waals surface area contributed by atoms with Gasteiger partial charge in [-0.15, -0.1) is 0 Å². The molecular weight excluding hydrogens is 278 g/mol. The number of benzene rings is 1. The second-order valence-corrected chi connectivity index (χ2v) is 5.50. The van der Waals surface area contributed by atoms with Crippen LogP contribution in [0, 0.1) is 0 Å². The van der Waals surface area contributed by atoms with Crippen molar-refractivity contribution in [1.29, 1.82) is 0 Å². The van der Waals surface area contributed by atoms with Crippen molar-refractivity contribution in [3.63, 3.8) is 0 Å². The molecule has 1 aliphatic heterocycles. The summed E-state index contributed by atoms with van der Waals surface area (Å²) in [4.78, 5) is 15.9. The van der Waals surface area contributed by atoms with Gasteiger partial charge in [-0.1, -0.05) is 25.1 Å². The fourth-order valence-corrected chi connectivity index (χ4v) is 2.83. The third kappa shape index (κ3) is 3.17. The van der Waals surface area contributed by atoms with Crippen molar-refractivity contribution in [1.82, 2.24) is 25.2 Å². The monoisotopic (exact) mass is 299 g/mol. The van der Waals surface area contributed by atoms with Crippen molar-refractivity contribution < 1.29 is 4.79 Å². The number of aromatic nitrogens is 3. The van der Waals surface area contributed by atoms with E-state index in [4.69, 9.17) is 0 Å². The first-order valence-corrected chi connectivity index (χ1v) is 7.76. The lowest BCUT2D eigenvalue weighted by atomic mass is 10.1. The largest absolute Gasteiger partial charge is 0.355 e. The predicted molar refractivity (Wildman–Crippen MR) is 83.5 cm³/mol. The third-order valence-electron chi connectivity index (χ3n) is 3.94. The van der Waals surface area contributed by atoms with Crippen LogP contribution in [0.4, 0.5) is 0 Å². The number of carbonyl (C=O) groups is 1. The van der Waals surface area contributed by atoms with Crippen LogP contribution in [0.3, 0.4) is 0 Å². The van der Waals surface area contributed by atoms with Gasteiger partial charge < -0.3 is 5.32 Å². The third-order valence-corrected chi connectivity index (χ3v) is 3.94. The maximum atomic E-state index is 12.1. The standard InChI is InChI=1S/C16H21N5O/c1-2-15-16(22)17-9-6-10-20(15)12-13-11-18-21(19-13)14-7-4-3-5-8-14/h3-5,7-8,11,15H,2,6,9-10,12H2,1H3,(H,17,22)/t15-/m0/s1. The highest BCUT2D eigenvalue weighted by molar-refractivity contribution is 5.81. The van der Waals surface area contributed by atoms with Crippen LogP contribution in [0.2, 0.25) is 0 Å². The molecule has 0 aliphatic carbocycles. The first-order chi connectivity index (χ1) is 10.8. The van der Waals surface area contributed by atoms with Crippen molar-refractivity contribution in [3.05, 3.63) is 42.2 Å². The van der Waals surface area contributed by atoms with Crippen LogP contribution in [0.25, 0.3) is 5.69 Å². The molecule has 3 rings (SSSR count). The molecule has 1 saturated heterocycles. The summed E-state index contributed by atoms with van der Waals surface area (Å²) in [5.74, 6) is 0.121. The van der Waals surface area contributed by atoms with Crippen molar-refractivity contribution in [2.24, 2.45) is 0 Å². The quantitative estimate of drug-likeness (QED) is 0.926. The molecule has 1 atom stereocenters. The average Bonchev–Trinajstić information content (AvgIpc) is 2.93. The number of nitrogens with zero attached hydrogens (tertiary/aromatic N) is 4. The maximum absolute atomic E-state index is 12.1. The topological polar surface area (TPSA) is 63.1 Å². The highest BCUT2D eigenvalue weighted by Gasteiger charge is 2.26. The zero-order chi connectivity index (χ0) is 15.4. The second-order valence-electron chi connectivity index (χ2n) is 5.50. The molecule has 1 aromatic carbocycles. The summed E-state index contributed by atoms with van der Waals surface area (Å²) in [6, 6.07) is 9.75. The Bertz CT molecular complexity index is 624. The fraction of sp³-hybridized carbons (Fsp3) is 0.438. The molecular formula is C16H21N5O. The van der Waals surface area contributed by atoms with Crippen LogP contribution in [-0.4, -0.2) is 44.9 Å². The van der Waals surface area contributed by atoms with E-state index in [0.29, 0.717) is 6.54 Å². The lowest BCUT2D eigenvalue weighted by molar-refractivity contribution is -0.125. The van der Waals surface area contributed by atoms with Gasteiger partial charge in [0.15, 0.2) is 0 Å². The van der Waals surface area contributed by atoms with Gasteiger partial charge in [0.2, 0.25) is 5.91 Å². The summed E-state index contributed by atoms with van der Waals surface area (Å²) in [5, 5.41) is 11.8. The maximum Gasteiger partial charge on any atom is 0.237 e. The predicted octanol–water partition coefficient (Wildman–Crippen LogP) is 1.37. The molecule has 6 heteroatoms. The minimum absolute atomic E-state index is 0.0793. The van der Waals surface area contributed by atoms with E-state index in [2.05, 4.69) is 20.4 Å². The van der Waals surface area contributed by atoms with Gasteiger partial charge in [-0.2, -0.15) is 15.0 Å². The number of amides is 1. The number of rotatable bonds is 4. The molecule has 1 aliphatic rings. The number of para-hydroxylation sites is 1.